The largest absolute Gasteiger partial charge is 0.466 e. The minimum Gasteiger partial charge on any atom is -0.466 e. The predicted molar refractivity (Wildman–Crippen MR) is 144 cm³/mol. The fourth-order valence-electron chi connectivity index (χ4n) is 5.10. The number of likely N-dealkylation sites (tertiary alicyclic amines) is 1. The van der Waals surface area contributed by atoms with Crippen molar-refractivity contribution in [2.45, 2.75) is 51.0 Å². The Kier molecular flexibility index (Phi) is 8.86. The van der Waals surface area contributed by atoms with E-state index in [9.17, 15) is 14.0 Å². The van der Waals surface area contributed by atoms with E-state index < -0.39 is 5.41 Å². The number of halogens is 1. The number of aromatic nitrogens is 1. The number of benzene rings is 2. The zero-order valence-corrected chi connectivity index (χ0v) is 22.0. The lowest BCUT2D eigenvalue weighted by atomic mass is 9.74. The van der Waals surface area contributed by atoms with Crippen molar-refractivity contribution in [2.24, 2.45) is 5.41 Å². The molecule has 4 rings (SSSR count). The third-order valence-corrected chi connectivity index (χ3v) is 8.15. The first-order valence-corrected chi connectivity index (χ1v) is 13.8. The Balaban J connectivity index is 1.37. The first-order valence-electron chi connectivity index (χ1n) is 12.8. The van der Waals surface area contributed by atoms with Crippen molar-refractivity contribution in [1.82, 2.24) is 9.47 Å². The Bertz CT molecular complexity index is 1250. The van der Waals surface area contributed by atoms with Gasteiger partial charge in [-0.2, -0.15) is 0 Å². The standard InChI is InChI=1S/C29H35FN2O3S/c1-3-35-28(34)29(12-5-15-32-26-20-22(2)8-9-23(26)10-11-27(32)33)13-16-31(17-14-29)18-19-36-25-7-4-6-24(30)21-25/h4,6-11,20-21H,3,5,12-19H2,1-2H3. The molecule has 5 nitrogen and oxygen atoms in total. The maximum Gasteiger partial charge on any atom is 0.312 e. The average Bonchev–Trinajstić information content (AvgIpc) is 2.86. The van der Waals surface area contributed by atoms with Crippen LogP contribution in [0.25, 0.3) is 10.9 Å². The highest BCUT2D eigenvalue weighted by atomic mass is 32.2. The summed E-state index contributed by atoms with van der Waals surface area (Å²) in [6.07, 6.45) is 2.94. The molecular weight excluding hydrogens is 475 g/mol. The molecule has 0 aliphatic carbocycles. The summed E-state index contributed by atoms with van der Waals surface area (Å²) in [7, 11) is 0. The third kappa shape index (κ3) is 6.37. The van der Waals surface area contributed by atoms with Gasteiger partial charge in [-0.05, 0) is 93.9 Å². The Labute approximate surface area is 216 Å². The first kappa shape index (κ1) is 26.4. The molecule has 0 atom stereocenters. The van der Waals surface area contributed by atoms with Gasteiger partial charge in [0.25, 0.3) is 5.56 Å². The number of hydrogen-bond donors (Lipinski definition) is 0. The van der Waals surface area contributed by atoms with E-state index in [0.29, 0.717) is 19.6 Å². The molecule has 2 heterocycles. The molecule has 1 fully saturated rings. The molecule has 0 unspecified atom stereocenters. The highest BCUT2D eigenvalue weighted by Gasteiger charge is 2.42. The Morgan fingerprint density at radius 3 is 2.61 bits per heavy atom. The molecule has 7 heteroatoms. The number of rotatable bonds is 10. The number of carbonyl (C=O) groups excluding carboxylic acids is 1. The van der Waals surface area contributed by atoms with Crippen molar-refractivity contribution in [3.8, 4) is 0 Å². The maximum atomic E-state index is 13.4. The van der Waals surface area contributed by atoms with Gasteiger partial charge in [-0.3, -0.25) is 9.59 Å². The van der Waals surface area contributed by atoms with Crippen molar-refractivity contribution >= 4 is 28.6 Å². The second-order valence-electron chi connectivity index (χ2n) is 9.64. The van der Waals surface area contributed by atoms with Crippen LogP contribution in [0, 0.1) is 18.2 Å². The smallest absolute Gasteiger partial charge is 0.312 e. The number of nitrogens with zero attached hydrogens (tertiary/aromatic N) is 2. The van der Waals surface area contributed by atoms with Crippen LogP contribution in [-0.2, 0) is 16.1 Å². The molecule has 0 radical (unpaired) electrons. The van der Waals surface area contributed by atoms with Crippen molar-refractivity contribution in [3.63, 3.8) is 0 Å². The minimum atomic E-state index is -0.508. The molecule has 0 bridgehead atoms. The number of thioether (sulfide) groups is 1. The fourth-order valence-corrected chi connectivity index (χ4v) is 6.05. The van der Waals surface area contributed by atoms with Gasteiger partial charge in [0.1, 0.15) is 5.82 Å². The summed E-state index contributed by atoms with van der Waals surface area (Å²) in [6.45, 7) is 7.38. The van der Waals surface area contributed by atoms with E-state index in [1.807, 2.05) is 36.6 Å². The van der Waals surface area contributed by atoms with E-state index in [1.54, 1.807) is 30.0 Å². The summed E-state index contributed by atoms with van der Waals surface area (Å²) in [5.41, 5.74) is 1.54. The summed E-state index contributed by atoms with van der Waals surface area (Å²) < 4.78 is 20.8. The Morgan fingerprint density at radius 1 is 1.08 bits per heavy atom. The lowest BCUT2D eigenvalue weighted by Gasteiger charge is -2.40. The summed E-state index contributed by atoms with van der Waals surface area (Å²) in [5.74, 6) is 0.553. The van der Waals surface area contributed by atoms with Crippen LogP contribution in [0.5, 0.6) is 0 Å². The van der Waals surface area contributed by atoms with Gasteiger partial charge in [0.15, 0.2) is 0 Å². The summed E-state index contributed by atoms with van der Waals surface area (Å²) >= 11 is 1.65. The van der Waals surface area contributed by atoms with Gasteiger partial charge >= 0.3 is 5.97 Å². The van der Waals surface area contributed by atoms with Gasteiger partial charge in [-0.25, -0.2) is 4.39 Å². The second kappa shape index (κ2) is 12.1. The lowest BCUT2D eigenvalue weighted by molar-refractivity contribution is -0.159. The average molecular weight is 511 g/mol. The number of hydrogen-bond acceptors (Lipinski definition) is 5. The molecule has 2 aromatic carbocycles. The van der Waals surface area contributed by atoms with Crippen molar-refractivity contribution in [2.75, 3.05) is 32.0 Å². The van der Waals surface area contributed by atoms with Gasteiger partial charge in [0, 0.05) is 29.8 Å². The molecule has 192 valence electrons. The molecule has 1 aromatic heterocycles. The van der Waals surface area contributed by atoms with E-state index in [1.165, 1.54) is 6.07 Å². The molecule has 0 N–H and O–H groups in total. The number of carbonyl (C=O) groups is 1. The van der Waals surface area contributed by atoms with E-state index in [-0.39, 0.29) is 17.3 Å². The van der Waals surface area contributed by atoms with Crippen LogP contribution in [0.1, 0.15) is 38.2 Å². The van der Waals surface area contributed by atoms with Crippen molar-refractivity contribution in [1.29, 1.82) is 0 Å². The minimum absolute atomic E-state index is 0.0103. The van der Waals surface area contributed by atoms with Crippen LogP contribution in [0.4, 0.5) is 4.39 Å². The quantitative estimate of drug-likeness (QED) is 0.260. The van der Waals surface area contributed by atoms with Crippen LogP contribution in [0.15, 0.2) is 64.3 Å². The SMILES string of the molecule is CCOC(=O)C1(CCCn2c(=O)ccc3ccc(C)cc32)CCN(CCSc2cccc(F)c2)CC1. The molecule has 3 aromatic rings. The van der Waals surface area contributed by atoms with Crippen LogP contribution in [0.2, 0.25) is 0 Å². The monoisotopic (exact) mass is 510 g/mol. The molecular formula is C29H35FN2O3S. The van der Waals surface area contributed by atoms with E-state index in [4.69, 9.17) is 4.74 Å². The number of aryl methyl sites for hydroxylation is 2. The summed E-state index contributed by atoms with van der Waals surface area (Å²) in [4.78, 5) is 29.0. The van der Waals surface area contributed by atoms with Crippen LogP contribution < -0.4 is 5.56 Å². The molecule has 0 spiro atoms. The van der Waals surface area contributed by atoms with Crippen LogP contribution >= 0.6 is 11.8 Å². The number of pyridine rings is 1. The molecule has 0 saturated carbocycles. The van der Waals surface area contributed by atoms with Gasteiger partial charge < -0.3 is 14.2 Å². The van der Waals surface area contributed by atoms with Gasteiger partial charge in [0.05, 0.1) is 17.5 Å². The normalized spacial score (nSPS) is 15.8. The van der Waals surface area contributed by atoms with E-state index in [2.05, 4.69) is 17.0 Å². The number of fused-ring (bicyclic) bond motifs is 1. The van der Waals surface area contributed by atoms with Crippen LogP contribution in [-0.4, -0.2) is 47.4 Å². The Hall–Kier alpha value is -2.64. The maximum absolute atomic E-state index is 13.4. The summed E-state index contributed by atoms with van der Waals surface area (Å²) in [6, 6.07) is 16.3. The molecule has 0 amide bonds. The van der Waals surface area contributed by atoms with Crippen molar-refractivity contribution < 1.29 is 13.9 Å². The van der Waals surface area contributed by atoms with E-state index in [0.717, 1.165) is 66.0 Å². The van der Waals surface area contributed by atoms with Crippen LogP contribution in [0.3, 0.4) is 0 Å². The highest BCUT2D eigenvalue weighted by Crippen LogP contribution is 2.38. The van der Waals surface area contributed by atoms with Crippen molar-refractivity contribution in [3.05, 3.63) is 76.3 Å². The Morgan fingerprint density at radius 2 is 1.86 bits per heavy atom. The zero-order chi connectivity index (χ0) is 25.5. The number of esters is 1. The summed E-state index contributed by atoms with van der Waals surface area (Å²) in [5, 5.41) is 1.05. The first-order chi connectivity index (χ1) is 17.4. The predicted octanol–water partition coefficient (Wildman–Crippen LogP) is 5.67. The molecule has 36 heavy (non-hydrogen) atoms. The molecule has 1 aliphatic heterocycles. The molecule has 1 aliphatic rings. The van der Waals surface area contributed by atoms with Gasteiger partial charge in [-0.15, -0.1) is 11.8 Å². The number of ether oxygens (including phenoxy) is 1. The van der Waals surface area contributed by atoms with E-state index >= 15 is 0 Å². The lowest BCUT2D eigenvalue weighted by Crippen LogP contribution is -2.46. The second-order valence-corrected chi connectivity index (χ2v) is 10.8. The third-order valence-electron chi connectivity index (χ3n) is 7.18. The van der Waals surface area contributed by atoms with Gasteiger partial charge in [-0.1, -0.05) is 18.2 Å². The fraction of sp³-hybridized carbons (Fsp3) is 0.448. The zero-order valence-electron chi connectivity index (χ0n) is 21.2. The van der Waals surface area contributed by atoms with Gasteiger partial charge in [0.2, 0.25) is 0 Å². The molecule has 1 saturated heterocycles. The topological polar surface area (TPSA) is 51.5 Å². The highest BCUT2D eigenvalue weighted by molar-refractivity contribution is 7.99. The number of piperidine rings is 1.